The highest BCUT2D eigenvalue weighted by molar-refractivity contribution is 6.16. The lowest BCUT2D eigenvalue weighted by molar-refractivity contribution is -0.196. The number of amidine groups is 1. The standard InChI is InChI=1S/C26H22F3N3O3/c1-35-21-14-12-20(13-15-21)23(33)31-25(26(27,28)29)24(34)32(17-16-18-8-4-2-5-9-18)22(30-25)19-10-6-3-7-11-19/h2-15H,16-17H2,1H3,(H,31,33)/t25-/m1/s1. The van der Waals surface area contributed by atoms with Gasteiger partial charge < -0.3 is 10.1 Å². The van der Waals surface area contributed by atoms with E-state index in [2.05, 4.69) is 4.99 Å². The average Bonchev–Trinajstić information content (AvgIpc) is 3.16. The highest BCUT2D eigenvalue weighted by Gasteiger charge is 2.67. The number of hydrogen-bond acceptors (Lipinski definition) is 4. The first kappa shape index (κ1) is 24.0. The number of hydrogen-bond donors (Lipinski definition) is 1. The quantitative estimate of drug-likeness (QED) is 0.550. The third kappa shape index (κ3) is 4.75. The van der Waals surface area contributed by atoms with E-state index < -0.39 is 23.7 Å². The number of amides is 2. The Labute approximate surface area is 200 Å². The van der Waals surface area contributed by atoms with E-state index in [4.69, 9.17) is 4.74 Å². The van der Waals surface area contributed by atoms with Gasteiger partial charge in [0.1, 0.15) is 11.6 Å². The molecule has 35 heavy (non-hydrogen) atoms. The Kier molecular flexibility index (Phi) is 6.59. The molecule has 3 aromatic carbocycles. The minimum Gasteiger partial charge on any atom is -0.497 e. The van der Waals surface area contributed by atoms with E-state index in [9.17, 15) is 22.8 Å². The van der Waals surface area contributed by atoms with Crippen molar-refractivity contribution in [3.05, 3.63) is 102 Å². The minimum atomic E-state index is -5.19. The third-order valence-electron chi connectivity index (χ3n) is 5.64. The summed E-state index contributed by atoms with van der Waals surface area (Å²) in [5.74, 6) is -2.17. The first-order valence-corrected chi connectivity index (χ1v) is 10.8. The Morgan fingerprint density at radius 2 is 1.57 bits per heavy atom. The van der Waals surface area contributed by atoms with Crippen molar-refractivity contribution in [2.24, 2.45) is 4.99 Å². The summed E-state index contributed by atoms with van der Waals surface area (Å²) in [5.41, 5.74) is -2.34. The fourth-order valence-electron chi connectivity index (χ4n) is 3.77. The molecule has 4 rings (SSSR count). The molecule has 1 aliphatic rings. The molecule has 0 fully saturated rings. The van der Waals surface area contributed by atoms with Crippen molar-refractivity contribution in [3.63, 3.8) is 0 Å². The lowest BCUT2D eigenvalue weighted by Crippen LogP contribution is -2.63. The minimum absolute atomic E-state index is 0.0488. The van der Waals surface area contributed by atoms with E-state index in [1.807, 2.05) is 35.6 Å². The number of methoxy groups -OCH3 is 1. The molecule has 1 atom stereocenters. The number of benzene rings is 3. The third-order valence-corrected chi connectivity index (χ3v) is 5.64. The average molecular weight is 481 g/mol. The summed E-state index contributed by atoms with van der Waals surface area (Å²) < 4.78 is 48.5. The normalized spacial score (nSPS) is 17.8. The van der Waals surface area contributed by atoms with Gasteiger partial charge in [-0.1, -0.05) is 60.7 Å². The van der Waals surface area contributed by atoms with Gasteiger partial charge in [0.2, 0.25) is 0 Å². The molecule has 6 nitrogen and oxygen atoms in total. The zero-order valence-corrected chi connectivity index (χ0v) is 18.8. The van der Waals surface area contributed by atoms with Crippen LogP contribution in [0.1, 0.15) is 21.5 Å². The van der Waals surface area contributed by atoms with Crippen LogP contribution in [0, 0.1) is 0 Å². The van der Waals surface area contributed by atoms with Gasteiger partial charge in [-0.2, -0.15) is 13.2 Å². The van der Waals surface area contributed by atoms with Crippen molar-refractivity contribution in [1.82, 2.24) is 10.2 Å². The molecule has 0 saturated heterocycles. The van der Waals surface area contributed by atoms with Crippen LogP contribution in [-0.2, 0) is 11.2 Å². The number of carbonyl (C=O) groups excluding carboxylic acids is 2. The Hall–Kier alpha value is -4.14. The van der Waals surface area contributed by atoms with Gasteiger partial charge in [0.05, 0.1) is 7.11 Å². The van der Waals surface area contributed by atoms with Gasteiger partial charge in [-0.3, -0.25) is 14.5 Å². The Morgan fingerprint density at radius 1 is 0.971 bits per heavy atom. The monoisotopic (exact) mass is 481 g/mol. The number of ether oxygens (including phenoxy) is 1. The maximum Gasteiger partial charge on any atom is 0.442 e. The van der Waals surface area contributed by atoms with Crippen LogP contribution in [0.4, 0.5) is 13.2 Å². The molecule has 0 spiro atoms. The van der Waals surface area contributed by atoms with Gasteiger partial charge in [0, 0.05) is 17.7 Å². The summed E-state index contributed by atoms with van der Waals surface area (Å²) in [4.78, 5) is 31.1. The first-order chi connectivity index (χ1) is 16.7. The number of halogens is 3. The predicted octanol–water partition coefficient (Wildman–Crippen LogP) is 4.22. The molecular formula is C26H22F3N3O3. The van der Waals surface area contributed by atoms with Crippen molar-refractivity contribution in [3.8, 4) is 5.75 Å². The Morgan fingerprint density at radius 3 is 2.14 bits per heavy atom. The van der Waals surface area contributed by atoms with Crippen LogP contribution >= 0.6 is 0 Å². The topological polar surface area (TPSA) is 71.0 Å². The fraction of sp³-hybridized carbons (Fsp3) is 0.192. The molecule has 0 aromatic heterocycles. The number of nitrogens with zero attached hydrogens (tertiary/aromatic N) is 2. The zero-order valence-electron chi connectivity index (χ0n) is 18.8. The fourth-order valence-corrected chi connectivity index (χ4v) is 3.77. The summed E-state index contributed by atoms with van der Waals surface area (Å²) in [6.07, 6.45) is -4.88. The van der Waals surface area contributed by atoms with Crippen LogP contribution in [0.3, 0.4) is 0 Å². The second-order valence-corrected chi connectivity index (χ2v) is 7.88. The Balaban J connectivity index is 1.72. The van der Waals surface area contributed by atoms with Crippen LogP contribution in [0.15, 0.2) is 89.9 Å². The van der Waals surface area contributed by atoms with E-state index >= 15 is 0 Å². The summed E-state index contributed by atoms with van der Waals surface area (Å²) in [6.45, 7) is -0.0488. The number of nitrogens with one attached hydrogen (secondary N) is 1. The summed E-state index contributed by atoms with van der Waals surface area (Å²) in [6, 6.07) is 22.7. The second kappa shape index (κ2) is 9.61. The van der Waals surface area contributed by atoms with E-state index in [0.717, 1.165) is 10.5 Å². The highest BCUT2D eigenvalue weighted by atomic mass is 19.4. The van der Waals surface area contributed by atoms with Gasteiger partial charge in [-0.15, -0.1) is 0 Å². The summed E-state index contributed by atoms with van der Waals surface area (Å²) in [7, 11) is 1.43. The highest BCUT2D eigenvalue weighted by Crippen LogP contribution is 2.38. The molecule has 9 heteroatoms. The lowest BCUT2D eigenvalue weighted by atomic mass is 10.1. The van der Waals surface area contributed by atoms with Crippen LogP contribution < -0.4 is 10.1 Å². The van der Waals surface area contributed by atoms with E-state index in [-0.39, 0.29) is 17.9 Å². The largest absolute Gasteiger partial charge is 0.497 e. The number of rotatable bonds is 7. The van der Waals surface area contributed by atoms with E-state index in [1.165, 1.54) is 31.4 Å². The molecule has 1 N–H and O–H groups in total. The van der Waals surface area contributed by atoms with Crippen molar-refractivity contribution in [2.75, 3.05) is 13.7 Å². The molecule has 1 aliphatic heterocycles. The molecule has 2 amide bonds. The molecule has 0 radical (unpaired) electrons. The number of carbonyl (C=O) groups is 2. The van der Waals surface area contributed by atoms with E-state index in [0.29, 0.717) is 17.7 Å². The number of alkyl halides is 3. The maximum absolute atomic E-state index is 14.5. The van der Waals surface area contributed by atoms with Gasteiger partial charge >= 0.3 is 11.8 Å². The van der Waals surface area contributed by atoms with Gasteiger partial charge in [0.15, 0.2) is 0 Å². The molecule has 1 heterocycles. The molecule has 180 valence electrons. The van der Waals surface area contributed by atoms with Crippen LogP contribution in [0.25, 0.3) is 0 Å². The van der Waals surface area contributed by atoms with Crippen molar-refractivity contribution in [2.45, 2.75) is 18.3 Å². The first-order valence-electron chi connectivity index (χ1n) is 10.8. The second-order valence-electron chi connectivity index (χ2n) is 7.88. The smallest absolute Gasteiger partial charge is 0.442 e. The van der Waals surface area contributed by atoms with Crippen LogP contribution in [0.5, 0.6) is 5.75 Å². The van der Waals surface area contributed by atoms with E-state index in [1.54, 1.807) is 30.3 Å². The van der Waals surface area contributed by atoms with Crippen LogP contribution in [0.2, 0.25) is 0 Å². The van der Waals surface area contributed by atoms with Gasteiger partial charge in [0.25, 0.3) is 11.8 Å². The summed E-state index contributed by atoms with van der Waals surface area (Å²) >= 11 is 0. The molecular weight excluding hydrogens is 459 g/mol. The van der Waals surface area contributed by atoms with Crippen molar-refractivity contribution >= 4 is 17.6 Å². The molecule has 0 saturated carbocycles. The summed E-state index contributed by atoms with van der Waals surface area (Å²) in [5, 5.41) is 1.88. The van der Waals surface area contributed by atoms with Crippen molar-refractivity contribution in [1.29, 1.82) is 0 Å². The molecule has 3 aromatic rings. The number of aliphatic imine (C=N–C) groups is 1. The predicted molar refractivity (Wildman–Crippen MR) is 124 cm³/mol. The molecule has 0 aliphatic carbocycles. The van der Waals surface area contributed by atoms with Gasteiger partial charge in [-0.05, 0) is 36.2 Å². The Bertz CT molecular complexity index is 1230. The lowest BCUT2D eigenvalue weighted by Gasteiger charge is -2.29. The molecule has 0 unspecified atom stereocenters. The van der Waals surface area contributed by atoms with Crippen LogP contribution in [-0.4, -0.2) is 48.0 Å². The zero-order chi connectivity index (χ0) is 25.1. The SMILES string of the molecule is COc1ccc(C(=O)N[C@]2(C(F)(F)F)N=C(c3ccccc3)N(CCc3ccccc3)C2=O)cc1. The molecule has 0 bridgehead atoms. The van der Waals surface area contributed by atoms with Crippen molar-refractivity contribution < 1.29 is 27.5 Å². The maximum atomic E-state index is 14.5. The van der Waals surface area contributed by atoms with Gasteiger partial charge in [-0.25, -0.2) is 4.99 Å².